The van der Waals surface area contributed by atoms with Gasteiger partial charge in [-0.1, -0.05) is 163 Å². The number of benzene rings is 9. The molecule has 280 valence electrons. The number of fused-ring (bicyclic) bond motifs is 9. The summed E-state index contributed by atoms with van der Waals surface area (Å²) in [6, 6.07) is 79.0. The molecule has 0 aliphatic carbocycles. The lowest BCUT2D eigenvalue weighted by molar-refractivity contribution is 0.486. The van der Waals surface area contributed by atoms with Gasteiger partial charge in [0, 0.05) is 43.3 Å². The third-order valence-corrected chi connectivity index (χ3v) is 19.0. The van der Waals surface area contributed by atoms with Gasteiger partial charge >= 0.3 is 0 Å². The first kappa shape index (κ1) is 33.9. The first-order valence-electron chi connectivity index (χ1n) is 20.6. The summed E-state index contributed by atoms with van der Waals surface area (Å²) in [6.45, 7) is 0.0582. The molecule has 0 bridgehead atoms. The molecule has 60 heavy (non-hydrogen) atoms. The predicted molar refractivity (Wildman–Crippen MR) is 254 cm³/mol. The molecular formula is C54H35BN2OSSi. The zero-order valence-corrected chi connectivity index (χ0v) is 34.3. The number of ether oxygens (including phenoxy) is 1. The van der Waals surface area contributed by atoms with Crippen LogP contribution in [0.4, 0.5) is 17.1 Å². The molecule has 6 heteroatoms. The Hall–Kier alpha value is -6.99. The normalized spacial score (nSPS) is 14.1. The minimum absolute atomic E-state index is 0.0582. The van der Waals surface area contributed by atoms with Crippen molar-refractivity contribution in [3.05, 3.63) is 212 Å². The Kier molecular flexibility index (Phi) is 7.36. The summed E-state index contributed by atoms with van der Waals surface area (Å²) < 4.78 is 9.24. The van der Waals surface area contributed by atoms with Gasteiger partial charge in [0.25, 0.3) is 6.71 Å². The molecule has 0 unspecified atom stereocenters. The highest BCUT2D eigenvalue weighted by atomic mass is 32.2. The van der Waals surface area contributed by atoms with Crippen LogP contribution in [-0.2, 0) is 0 Å². The molecule has 0 fully saturated rings. The number of aromatic nitrogens is 1. The maximum Gasteiger partial charge on any atom is 0.253 e. The van der Waals surface area contributed by atoms with Crippen molar-refractivity contribution >= 4 is 103 Å². The maximum atomic E-state index is 6.79. The molecule has 1 aromatic heterocycles. The van der Waals surface area contributed by atoms with Crippen LogP contribution in [0.25, 0.3) is 27.5 Å². The molecule has 10 aromatic rings. The highest BCUT2D eigenvalue weighted by molar-refractivity contribution is 8.00. The van der Waals surface area contributed by atoms with E-state index in [0.29, 0.717) is 0 Å². The molecule has 0 saturated carbocycles. The summed E-state index contributed by atoms with van der Waals surface area (Å²) in [5.74, 6) is 1.86. The fourth-order valence-corrected chi connectivity index (χ4v) is 16.8. The standard InChI is InChI=1S/C54H35BN2OSSi/c1-3-16-38(17-4-1)60(39-18-5-2-6-19-39)52-29-14-12-25-46(52)57(47-35-37(31-33-53(47)60)56-44-23-10-7-20-40(44)41-21-8-11-24-45(41)56)36-30-32-48-43(34-36)55-42-22-9-13-27-50(42)59-51-28-15-26-49(58-48)54(51)55/h1-35H. The number of hydrogen-bond acceptors (Lipinski definition) is 3. The summed E-state index contributed by atoms with van der Waals surface area (Å²) in [7, 11) is -2.89. The van der Waals surface area contributed by atoms with Crippen LogP contribution >= 0.6 is 11.8 Å². The molecule has 9 aromatic carbocycles. The average molecular weight is 799 g/mol. The Morgan fingerprint density at radius 2 is 1.05 bits per heavy atom. The van der Waals surface area contributed by atoms with Crippen molar-refractivity contribution in [3.63, 3.8) is 0 Å². The maximum absolute atomic E-state index is 6.79. The van der Waals surface area contributed by atoms with E-state index in [1.807, 2.05) is 11.8 Å². The van der Waals surface area contributed by atoms with Crippen LogP contribution in [0.5, 0.6) is 11.5 Å². The third-order valence-electron chi connectivity index (χ3n) is 13.0. The second kappa shape index (κ2) is 13.0. The minimum atomic E-state index is -2.89. The fraction of sp³-hybridized carbons (Fsp3) is 0. The van der Waals surface area contributed by atoms with Crippen molar-refractivity contribution in [1.29, 1.82) is 0 Å². The zero-order valence-electron chi connectivity index (χ0n) is 32.5. The van der Waals surface area contributed by atoms with Crippen molar-refractivity contribution in [2.75, 3.05) is 4.90 Å². The predicted octanol–water partition coefficient (Wildman–Crippen LogP) is 9.03. The van der Waals surface area contributed by atoms with E-state index in [9.17, 15) is 0 Å². The zero-order chi connectivity index (χ0) is 39.4. The van der Waals surface area contributed by atoms with Gasteiger partial charge in [-0.05, 0) is 98.4 Å². The van der Waals surface area contributed by atoms with Gasteiger partial charge in [0.2, 0.25) is 0 Å². The first-order chi connectivity index (χ1) is 29.8. The van der Waals surface area contributed by atoms with Gasteiger partial charge in [-0.25, -0.2) is 0 Å². The van der Waals surface area contributed by atoms with E-state index in [1.165, 1.54) is 80.1 Å². The monoisotopic (exact) mass is 798 g/mol. The third kappa shape index (κ3) is 4.69. The number of nitrogens with zero attached hydrogens (tertiary/aromatic N) is 2. The summed E-state index contributed by atoms with van der Waals surface area (Å²) in [6.07, 6.45) is 0. The minimum Gasteiger partial charge on any atom is -0.458 e. The fourth-order valence-electron chi connectivity index (χ4n) is 10.6. The van der Waals surface area contributed by atoms with E-state index < -0.39 is 8.07 Å². The van der Waals surface area contributed by atoms with Crippen LogP contribution in [0.15, 0.2) is 222 Å². The topological polar surface area (TPSA) is 17.4 Å². The van der Waals surface area contributed by atoms with Gasteiger partial charge in [0.05, 0.1) is 11.0 Å². The van der Waals surface area contributed by atoms with E-state index in [2.05, 4.69) is 222 Å². The van der Waals surface area contributed by atoms with Crippen molar-refractivity contribution in [1.82, 2.24) is 4.57 Å². The molecular weight excluding hydrogens is 764 g/mol. The number of anilines is 3. The Morgan fingerprint density at radius 1 is 0.433 bits per heavy atom. The van der Waals surface area contributed by atoms with Gasteiger partial charge in [0.15, 0.2) is 8.07 Å². The first-order valence-corrected chi connectivity index (χ1v) is 23.4. The van der Waals surface area contributed by atoms with E-state index in [0.717, 1.165) is 22.9 Å². The van der Waals surface area contributed by atoms with Crippen molar-refractivity contribution < 1.29 is 4.74 Å². The Balaban J connectivity index is 1.12. The largest absolute Gasteiger partial charge is 0.458 e. The molecule has 13 rings (SSSR count). The lowest BCUT2D eigenvalue weighted by atomic mass is 9.35. The van der Waals surface area contributed by atoms with Crippen LogP contribution in [0.1, 0.15) is 0 Å². The Labute approximate surface area is 354 Å². The average Bonchev–Trinajstić information content (AvgIpc) is 3.65. The second-order valence-electron chi connectivity index (χ2n) is 16.0. The van der Waals surface area contributed by atoms with E-state index in [-0.39, 0.29) is 6.71 Å². The molecule has 0 N–H and O–H groups in total. The highest BCUT2D eigenvalue weighted by Crippen LogP contribution is 2.43. The molecule has 0 atom stereocenters. The molecule has 4 heterocycles. The van der Waals surface area contributed by atoms with E-state index >= 15 is 0 Å². The highest BCUT2D eigenvalue weighted by Gasteiger charge is 2.49. The number of hydrogen-bond donors (Lipinski definition) is 0. The molecule has 0 saturated heterocycles. The Morgan fingerprint density at radius 3 is 1.82 bits per heavy atom. The lowest BCUT2D eigenvalue weighted by Crippen LogP contribution is -2.77. The smallest absolute Gasteiger partial charge is 0.253 e. The summed E-state index contributed by atoms with van der Waals surface area (Å²) in [5, 5.41) is 7.99. The molecule has 3 aliphatic heterocycles. The number of para-hydroxylation sites is 3. The number of rotatable bonds is 4. The quantitative estimate of drug-likeness (QED) is 0.166. The van der Waals surface area contributed by atoms with Crippen molar-refractivity contribution in [3.8, 4) is 17.2 Å². The van der Waals surface area contributed by atoms with Gasteiger partial charge in [-0.3, -0.25) is 0 Å². The summed E-state index contributed by atoms with van der Waals surface area (Å²) in [5.41, 5.74) is 10.8. The van der Waals surface area contributed by atoms with Gasteiger partial charge in [-0.2, -0.15) is 0 Å². The van der Waals surface area contributed by atoms with Gasteiger partial charge < -0.3 is 14.2 Å². The van der Waals surface area contributed by atoms with Gasteiger partial charge in [0.1, 0.15) is 11.5 Å². The summed E-state index contributed by atoms with van der Waals surface area (Å²) >= 11 is 1.85. The second-order valence-corrected chi connectivity index (χ2v) is 20.8. The van der Waals surface area contributed by atoms with Crippen LogP contribution < -0.4 is 46.8 Å². The molecule has 3 aliphatic rings. The van der Waals surface area contributed by atoms with Gasteiger partial charge in [-0.15, -0.1) is 0 Å². The molecule has 0 radical (unpaired) electrons. The van der Waals surface area contributed by atoms with Crippen LogP contribution in [0.3, 0.4) is 0 Å². The molecule has 3 nitrogen and oxygen atoms in total. The van der Waals surface area contributed by atoms with E-state index in [4.69, 9.17) is 4.74 Å². The van der Waals surface area contributed by atoms with Crippen molar-refractivity contribution in [2.45, 2.75) is 9.79 Å². The van der Waals surface area contributed by atoms with Crippen LogP contribution in [-0.4, -0.2) is 19.4 Å². The van der Waals surface area contributed by atoms with Crippen molar-refractivity contribution in [2.24, 2.45) is 0 Å². The summed E-state index contributed by atoms with van der Waals surface area (Å²) in [4.78, 5) is 5.11. The Bertz CT molecular complexity index is 3260. The van der Waals surface area contributed by atoms with Crippen LogP contribution in [0, 0.1) is 0 Å². The molecule has 0 spiro atoms. The molecule has 0 amide bonds. The van der Waals surface area contributed by atoms with E-state index in [1.54, 1.807) is 0 Å². The lowest BCUT2D eigenvalue weighted by Gasteiger charge is -2.45. The SMILES string of the molecule is c1ccc([Si]2(c3ccccc3)c3ccccc3N(c3ccc4c(c3)B3c5ccccc5Sc5cccc(c53)O4)c3cc(-n4c5ccccc5c5ccccc54)ccc32)cc1. The van der Waals surface area contributed by atoms with Crippen LogP contribution in [0.2, 0.25) is 0 Å².